The first kappa shape index (κ1) is 14.0. The molecule has 0 saturated carbocycles. The second kappa shape index (κ2) is 6.17. The zero-order valence-electron chi connectivity index (χ0n) is 11.6. The van der Waals surface area contributed by atoms with Gasteiger partial charge in [0.25, 0.3) is 0 Å². The van der Waals surface area contributed by atoms with Crippen LogP contribution < -0.4 is 10.5 Å². The highest BCUT2D eigenvalue weighted by Crippen LogP contribution is 2.33. The van der Waals surface area contributed by atoms with Crippen molar-refractivity contribution in [2.24, 2.45) is 5.73 Å². The average molecular weight is 276 g/mol. The first-order valence-corrected chi connectivity index (χ1v) is 7.31. The van der Waals surface area contributed by atoms with Crippen molar-refractivity contribution in [3.05, 3.63) is 34.8 Å². The minimum absolute atomic E-state index is 0.428. The van der Waals surface area contributed by atoms with Crippen molar-refractivity contribution < 1.29 is 4.74 Å². The van der Waals surface area contributed by atoms with Crippen LogP contribution in [0.5, 0.6) is 5.75 Å². The Balaban J connectivity index is 2.41. The normalized spacial score (nSPS) is 11.0. The molecule has 1 aromatic carbocycles. The minimum atomic E-state index is 0.428. The Morgan fingerprint density at radius 1 is 1.37 bits per heavy atom. The Kier molecular flexibility index (Phi) is 4.56. The van der Waals surface area contributed by atoms with Gasteiger partial charge >= 0.3 is 0 Å². The number of methoxy groups -OCH3 is 1. The van der Waals surface area contributed by atoms with Crippen LogP contribution in [-0.2, 0) is 6.42 Å². The molecule has 1 aromatic heterocycles. The van der Waals surface area contributed by atoms with E-state index in [0.29, 0.717) is 12.5 Å². The van der Waals surface area contributed by atoms with E-state index in [1.54, 1.807) is 18.4 Å². The Bertz CT molecular complexity index is 549. The lowest BCUT2D eigenvalue weighted by molar-refractivity contribution is 0.415. The predicted molar refractivity (Wildman–Crippen MR) is 80.9 cm³/mol. The summed E-state index contributed by atoms with van der Waals surface area (Å²) in [5.41, 5.74) is 7.96. The van der Waals surface area contributed by atoms with E-state index < -0.39 is 0 Å². The summed E-state index contributed by atoms with van der Waals surface area (Å²) in [6.07, 6.45) is 0.898. The van der Waals surface area contributed by atoms with Gasteiger partial charge < -0.3 is 10.5 Å². The SMILES string of the molecule is COc1cccc(-c2nc(C(C)C)c(CCN)s2)c1. The average Bonchev–Trinajstić information content (AvgIpc) is 2.83. The maximum Gasteiger partial charge on any atom is 0.124 e. The Labute approximate surface area is 118 Å². The van der Waals surface area contributed by atoms with E-state index in [9.17, 15) is 0 Å². The summed E-state index contributed by atoms with van der Waals surface area (Å²) in [5, 5.41) is 1.05. The molecule has 2 N–H and O–H groups in total. The number of benzene rings is 1. The molecule has 0 spiro atoms. The Hall–Kier alpha value is -1.39. The fourth-order valence-corrected chi connectivity index (χ4v) is 3.23. The van der Waals surface area contributed by atoms with Gasteiger partial charge in [-0.25, -0.2) is 4.98 Å². The van der Waals surface area contributed by atoms with E-state index in [-0.39, 0.29) is 0 Å². The third-order valence-corrected chi connectivity index (χ3v) is 4.14. The van der Waals surface area contributed by atoms with Gasteiger partial charge in [0, 0.05) is 10.4 Å². The largest absolute Gasteiger partial charge is 0.497 e. The number of nitrogens with zero attached hydrogens (tertiary/aromatic N) is 1. The summed E-state index contributed by atoms with van der Waals surface area (Å²) in [6, 6.07) is 8.03. The quantitative estimate of drug-likeness (QED) is 0.910. The highest BCUT2D eigenvalue weighted by Gasteiger charge is 2.14. The number of ether oxygens (including phenoxy) is 1. The summed E-state index contributed by atoms with van der Waals surface area (Å²) in [5.74, 6) is 1.29. The van der Waals surface area contributed by atoms with Gasteiger partial charge in [0.15, 0.2) is 0 Å². The molecule has 3 nitrogen and oxygen atoms in total. The molecule has 19 heavy (non-hydrogen) atoms. The van der Waals surface area contributed by atoms with Crippen molar-refractivity contribution in [2.75, 3.05) is 13.7 Å². The molecule has 4 heteroatoms. The minimum Gasteiger partial charge on any atom is -0.497 e. The van der Waals surface area contributed by atoms with Gasteiger partial charge in [-0.3, -0.25) is 0 Å². The lowest BCUT2D eigenvalue weighted by Gasteiger charge is -2.03. The third-order valence-electron chi connectivity index (χ3n) is 2.96. The smallest absolute Gasteiger partial charge is 0.124 e. The van der Waals surface area contributed by atoms with Crippen LogP contribution in [0.3, 0.4) is 0 Å². The first-order valence-electron chi connectivity index (χ1n) is 6.49. The molecule has 2 aromatic rings. The van der Waals surface area contributed by atoms with Crippen LogP contribution in [0.15, 0.2) is 24.3 Å². The second-order valence-corrected chi connectivity index (χ2v) is 5.84. The molecule has 102 valence electrons. The number of aromatic nitrogens is 1. The molecular formula is C15H20N2OS. The van der Waals surface area contributed by atoms with Crippen LogP contribution in [0.2, 0.25) is 0 Å². The molecule has 0 radical (unpaired) electrons. The summed E-state index contributed by atoms with van der Waals surface area (Å²) < 4.78 is 5.27. The third kappa shape index (κ3) is 3.14. The van der Waals surface area contributed by atoms with E-state index in [0.717, 1.165) is 22.7 Å². The predicted octanol–water partition coefficient (Wildman–Crippen LogP) is 3.44. The molecule has 1 heterocycles. The van der Waals surface area contributed by atoms with Gasteiger partial charge in [-0.05, 0) is 31.0 Å². The molecular weight excluding hydrogens is 256 g/mol. The van der Waals surface area contributed by atoms with Gasteiger partial charge in [-0.1, -0.05) is 26.0 Å². The molecule has 0 aliphatic rings. The molecule has 0 bridgehead atoms. The maximum absolute atomic E-state index is 5.68. The van der Waals surface area contributed by atoms with Crippen molar-refractivity contribution in [3.63, 3.8) is 0 Å². The van der Waals surface area contributed by atoms with Crippen molar-refractivity contribution in [3.8, 4) is 16.3 Å². The summed E-state index contributed by atoms with van der Waals surface area (Å²) in [6.45, 7) is 5.01. The molecule has 0 fully saturated rings. The Morgan fingerprint density at radius 2 is 2.16 bits per heavy atom. The van der Waals surface area contributed by atoms with Crippen LogP contribution in [0.25, 0.3) is 10.6 Å². The zero-order chi connectivity index (χ0) is 13.8. The molecule has 0 atom stereocenters. The van der Waals surface area contributed by atoms with E-state index in [1.807, 2.05) is 18.2 Å². The van der Waals surface area contributed by atoms with Crippen molar-refractivity contribution in [1.29, 1.82) is 0 Å². The molecule has 0 saturated heterocycles. The van der Waals surface area contributed by atoms with E-state index in [4.69, 9.17) is 15.5 Å². The van der Waals surface area contributed by atoms with E-state index in [2.05, 4.69) is 19.9 Å². The fourth-order valence-electron chi connectivity index (χ4n) is 2.00. The summed E-state index contributed by atoms with van der Waals surface area (Å²) in [7, 11) is 1.68. The van der Waals surface area contributed by atoms with Crippen molar-refractivity contribution in [1.82, 2.24) is 4.98 Å². The lowest BCUT2D eigenvalue weighted by Crippen LogP contribution is -2.04. The monoisotopic (exact) mass is 276 g/mol. The zero-order valence-corrected chi connectivity index (χ0v) is 12.5. The summed E-state index contributed by atoms with van der Waals surface area (Å²) >= 11 is 1.74. The number of nitrogens with two attached hydrogens (primary N) is 1. The van der Waals surface area contributed by atoms with Crippen LogP contribution in [-0.4, -0.2) is 18.6 Å². The van der Waals surface area contributed by atoms with Gasteiger partial charge in [0.05, 0.1) is 12.8 Å². The highest BCUT2D eigenvalue weighted by molar-refractivity contribution is 7.15. The van der Waals surface area contributed by atoms with Crippen LogP contribution >= 0.6 is 11.3 Å². The molecule has 2 rings (SSSR count). The number of hydrogen-bond donors (Lipinski definition) is 1. The number of hydrogen-bond acceptors (Lipinski definition) is 4. The van der Waals surface area contributed by atoms with Crippen LogP contribution in [0.1, 0.15) is 30.3 Å². The van der Waals surface area contributed by atoms with Gasteiger partial charge in [-0.2, -0.15) is 0 Å². The van der Waals surface area contributed by atoms with Crippen molar-refractivity contribution in [2.45, 2.75) is 26.2 Å². The van der Waals surface area contributed by atoms with Gasteiger partial charge in [0.2, 0.25) is 0 Å². The summed E-state index contributed by atoms with van der Waals surface area (Å²) in [4.78, 5) is 6.08. The van der Waals surface area contributed by atoms with Crippen LogP contribution in [0, 0.1) is 0 Å². The number of thiazole rings is 1. The molecule has 0 unspecified atom stereocenters. The van der Waals surface area contributed by atoms with Gasteiger partial charge in [0.1, 0.15) is 10.8 Å². The lowest BCUT2D eigenvalue weighted by atomic mass is 10.1. The molecule has 0 aliphatic heterocycles. The second-order valence-electron chi connectivity index (χ2n) is 4.75. The molecule has 0 amide bonds. The fraction of sp³-hybridized carbons (Fsp3) is 0.400. The first-order chi connectivity index (χ1) is 9.15. The van der Waals surface area contributed by atoms with Gasteiger partial charge in [-0.15, -0.1) is 11.3 Å². The van der Waals surface area contributed by atoms with Crippen LogP contribution in [0.4, 0.5) is 0 Å². The standard InChI is InChI=1S/C15H20N2OS/c1-10(2)14-13(7-8-16)19-15(17-14)11-5-4-6-12(9-11)18-3/h4-6,9-10H,7-8,16H2,1-3H3. The van der Waals surface area contributed by atoms with E-state index in [1.165, 1.54) is 10.6 Å². The number of rotatable bonds is 5. The maximum atomic E-state index is 5.68. The Morgan fingerprint density at radius 3 is 2.79 bits per heavy atom. The topological polar surface area (TPSA) is 48.1 Å². The highest BCUT2D eigenvalue weighted by atomic mass is 32.1. The van der Waals surface area contributed by atoms with E-state index >= 15 is 0 Å². The molecule has 0 aliphatic carbocycles. The van der Waals surface area contributed by atoms with Crippen molar-refractivity contribution >= 4 is 11.3 Å².